The fourth-order valence-electron chi connectivity index (χ4n) is 2.16. The van der Waals surface area contributed by atoms with Gasteiger partial charge in [-0.25, -0.2) is 9.78 Å². The van der Waals surface area contributed by atoms with E-state index in [-0.39, 0.29) is 5.69 Å². The number of fused-ring (bicyclic) bond motifs is 1. The number of aromatic nitrogens is 1. The number of carbonyl (C=O) groups excluding carboxylic acids is 1. The molecule has 3 rings (SSSR count). The topological polar surface area (TPSA) is 51.2 Å². The summed E-state index contributed by atoms with van der Waals surface area (Å²) in [5.74, 6) is -0.447. The number of esters is 1. The third-order valence-corrected chi connectivity index (χ3v) is 3.16. The van der Waals surface area contributed by atoms with Gasteiger partial charge in [-0.2, -0.15) is 0 Å². The summed E-state index contributed by atoms with van der Waals surface area (Å²) >= 11 is 0. The average molecular weight is 278 g/mol. The molecule has 0 unspecified atom stereocenters. The zero-order chi connectivity index (χ0) is 14.7. The number of benzene rings is 2. The van der Waals surface area contributed by atoms with Crippen LogP contribution >= 0.6 is 0 Å². The van der Waals surface area contributed by atoms with E-state index in [1.807, 2.05) is 54.6 Å². The van der Waals surface area contributed by atoms with Crippen LogP contribution in [0.3, 0.4) is 0 Å². The highest BCUT2D eigenvalue weighted by Crippen LogP contribution is 2.26. The summed E-state index contributed by atoms with van der Waals surface area (Å²) in [6.07, 6.45) is 0. The van der Waals surface area contributed by atoms with Crippen LogP contribution in [0.15, 0.2) is 60.7 Å². The second-order valence-corrected chi connectivity index (χ2v) is 4.55. The van der Waals surface area contributed by atoms with Gasteiger partial charge in [0.25, 0.3) is 0 Å². The first kappa shape index (κ1) is 13.1. The van der Waals surface area contributed by atoms with Crippen LogP contribution in [0.2, 0.25) is 0 Å². The van der Waals surface area contributed by atoms with E-state index in [4.69, 9.17) is 4.74 Å². The Morgan fingerprint density at radius 1 is 1.05 bits per heavy atom. The van der Waals surface area contributed by atoms with Gasteiger partial charge in [-0.05, 0) is 24.3 Å². The lowest BCUT2D eigenvalue weighted by Gasteiger charge is -2.11. The van der Waals surface area contributed by atoms with Crippen LogP contribution in [0.5, 0.6) is 0 Å². The van der Waals surface area contributed by atoms with E-state index < -0.39 is 5.97 Å². The van der Waals surface area contributed by atoms with Gasteiger partial charge in [-0.1, -0.05) is 36.4 Å². The van der Waals surface area contributed by atoms with Crippen molar-refractivity contribution in [2.45, 2.75) is 0 Å². The van der Waals surface area contributed by atoms with E-state index in [0.717, 1.165) is 22.3 Å². The Bertz CT molecular complexity index is 785. The number of nitrogens with one attached hydrogen (secondary N) is 1. The Morgan fingerprint density at radius 2 is 1.76 bits per heavy atom. The van der Waals surface area contributed by atoms with Crippen molar-refractivity contribution in [3.8, 4) is 0 Å². The normalized spacial score (nSPS) is 10.3. The Balaban J connectivity index is 2.12. The molecule has 0 aliphatic rings. The summed E-state index contributed by atoms with van der Waals surface area (Å²) in [6.45, 7) is 0. The molecule has 0 bridgehead atoms. The number of nitrogens with zero attached hydrogens (tertiary/aromatic N) is 1. The van der Waals surface area contributed by atoms with Crippen LogP contribution in [-0.4, -0.2) is 18.1 Å². The molecule has 0 radical (unpaired) electrons. The lowest BCUT2D eigenvalue weighted by molar-refractivity contribution is 0.0594. The first-order valence-electron chi connectivity index (χ1n) is 6.58. The van der Waals surface area contributed by atoms with Gasteiger partial charge in [-0.3, -0.25) is 0 Å². The quantitative estimate of drug-likeness (QED) is 0.741. The van der Waals surface area contributed by atoms with Crippen LogP contribution in [0, 0.1) is 0 Å². The van der Waals surface area contributed by atoms with Crippen molar-refractivity contribution in [1.29, 1.82) is 0 Å². The van der Waals surface area contributed by atoms with E-state index in [1.54, 1.807) is 6.07 Å². The number of rotatable bonds is 3. The number of ether oxygens (including phenoxy) is 1. The molecule has 1 N–H and O–H groups in total. The molecule has 104 valence electrons. The predicted molar refractivity (Wildman–Crippen MR) is 82.8 cm³/mol. The van der Waals surface area contributed by atoms with E-state index in [1.165, 1.54) is 7.11 Å². The van der Waals surface area contributed by atoms with Crippen molar-refractivity contribution >= 4 is 28.2 Å². The van der Waals surface area contributed by atoms with Gasteiger partial charge in [0.15, 0.2) is 5.69 Å². The third-order valence-electron chi connectivity index (χ3n) is 3.16. The van der Waals surface area contributed by atoms with E-state index in [2.05, 4.69) is 10.3 Å². The highest BCUT2D eigenvalue weighted by Gasteiger charge is 2.12. The van der Waals surface area contributed by atoms with Gasteiger partial charge in [0.2, 0.25) is 0 Å². The van der Waals surface area contributed by atoms with Gasteiger partial charge >= 0.3 is 5.97 Å². The molecule has 0 amide bonds. The number of hydrogen-bond donors (Lipinski definition) is 1. The largest absolute Gasteiger partial charge is 0.464 e. The van der Waals surface area contributed by atoms with Gasteiger partial charge in [-0.15, -0.1) is 0 Å². The molecule has 4 heteroatoms. The number of anilines is 2. The molecule has 21 heavy (non-hydrogen) atoms. The summed E-state index contributed by atoms with van der Waals surface area (Å²) in [5, 5.41) is 4.27. The number of carbonyl (C=O) groups is 1. The lowest BCUT2D eigenvalue weighted by atomic mass is 10.1. The molecule has 3 aromatic rings. The molecule has 0 atom stereocenters. The highest BCUT2D eigenvalue weighted by molar-refractivity contribution is 5.98. The lowest BCUT2D eigenvalue weighted by Crippen LogP contribution is -2.05. The molecule has 1 aromatic heterocycles. The maximum atomic E-state index is 11.7. The average Bonchev–Trinajstić information content (AvgIpc) is 2.55. The smallest absolute Gasteiger partial charge is 0.356 e. The van der Waals surface area contributed by atoms with Crippen LogP contribution in [0.25, 0.3) is 10.9 Å². The second kappa shape index (κ2) is 5.63. The van der Waals surface area contributed by atoms with Crippen molar-refractivity contribution < 1.29 is 9.53 Å². The first-order valence-corrected chi connectivity index (χ1v) is 6.58. The van der Waals surface area contributed by atoms with Crippen LogP contribution < -0.4 is 5.32 Å². The molecule has 4 nitrogen and oxygen atoms in total. The summed E-state index contributed by atoms with van der Waals surface area (Å²) < 4.78 is 4.76. The molecule has 2 aromatic carbocycles. The third kappa shape index (κ3) is 2.69. The monoisotopic (exact) mass is 278 g/mol. The Hall–Kier alpha value is -2.88. The van der Waals surface area contributed by atoms with E-state index in [0.29, 0.717) is 0 Å². The molecule has 0 spiro atoms. The molecular weight excluding hydrogens is 264 g/mol. The summed E-state index contributed by atoms with van der Waals surface area (Å²) in [7, 11) is 1.35. The second-order valence-electron chi connectivity index (χ2n) is 4.55. The molecule has 1 heterocycles. The molecule has 0 aliphatic heterocycles. The van der Waals surface area contributed by atoms with Gasteiger partial charge in [0, 0.05) is 11.1 Å². The maximum Gasteiger partial charge on any atom is 0.356 e. The summed E-state index contributed by atoms with van der Waals surface area (Å²) in [5.41, 5.74) is 2.81. The first-order chi connectivity index (χ1) is 10.3. The van der Waals surface area contributed by atoms with Crippen molar-refractivity contribution in [2.24, 2.45) is 0 Å². The van der Waals surface area contributed by atoms with Crippen LogP contribution in [0.4, 0.5) is 11.4 Å². The van der Waals surface area contributed by atoms with Crippen LogP contribution in [0.1, 0.15) is 10.5 Å². The van der Waals surface area contributed by atoms with Gasteiger partial charge in [0.05, 0.1) is 18.3 Å². The SMILES string of the molecule is COC(=O)c1cc(Nc2ccccc2)c2ccccc2n1. The van der Waals surface area contributed by atoms with E-state index >= 15 is 0 Å². The van der Waals surface area contributed by atoms with Gasteiger partial charge in [0.1, 0.15) is 0 Å². The summed E-state index contributed by atoms with van der Waals surface area (Å²) in [4.78, 5) is 16.1. The Morgan fingerprint density at radius 3 is 2.52 bits per heavy atom. The zero-order valence-corrected chi connectivity index (χ0v) is 11.5. The minimum absolute atomic E-state index is 0.287. The van der Waals surface area contributed by atoms with Gasteiger partial charge < -0.3 is 10.1 Å². The Kier molecular flexibility index (Phi) is 3.51. The maximum absolute atomic E-state index is 11.7. The molecular formula is C17H14N2O2. The number of methoxy groups -OCH3 is 1. The highest BCUT2D eigenvalue weighted by atomic mass is 16.5. The fourth-order valence-corrected chi connectivity index (χ4v) is 2.16. The van der Waals surface area contributed by atoms with Crippen molar-refractivity contribution in [3.63, 3.8) is 0 Å². The van der Waals surface area contributed by atoms with Crippen molar-refractivity contribution in [1.82, 2.24) is 4.98 Å². The molecule has 0 aliphatic carbocycles. The van der Waals surface area contributed by atoms with E-state index in [9.17, 15) is 4.79 Å². The van der Waals surface area contributed by atoms with Crippen molar-refractivity contribution in [3.05, 3.63) is 66.4 Å². The zero-order valence-electron chi connectivity index (χ0n) is 11.5. The minimum Gasteiger partial charge on any atom is -0.464 e. The summed E-state index contributed by atoms with van der Waals surface area (Å²) in [6, 6.07) is 19.2. The standard InChI is InChI=1S/C17H14N2O2/c1-21-17(20)16-11-15(18-12-7-3-2-4-8-12)13-9-5-6-10-14(13)19-16/h2-11H,1H3,(H,18,19). The Labute approximate surface area is 122 Å². The number of hydrogen-bond acceptors (Lipinski definition) is 4. The molecule has 0 fully saturated rings. The number of pyridine rings is 1. The fraction of sp³-hybridized carbons (Fsp3) is 0.0588. The molecule has 0 saturated heterocycles. The minimum atomic E-state index is -0.447. The number of para-hydroxylation sites is 2. The van der Waals surface area contributed by atoms with Crippen molar-refractivity contribution in [2.75, 3.05) is 12.4 Å². The predicted octanol–water partition coefficient (Wildman–Crippen LogP) is 3.77. The van der Waals surface area contributed by atoms with Crippen LogP contribution in [-0.2, 0) is 4.74 Å². The molecule has 0 saturated carbocycles.